The fraction of sp³-hybridized carbons (Fsp3) is 0.0952. The van der Waals surface area contributed by atoms with Crippen molar-refractivity contribution >= 4 is 23.0 Å². The summed E-state index contributed by atoms with van der Waals surface area (Å²) in [6.45, 7) is 0. The lowest BCUT2D eigenvalue weighted by Crippen LogP contribution is -2.12. The number of aromatic nitrogens is 1. The zero-order valence-electron chi connectivity index (χ0n) is 15.4. The molecule has 0 saturated carbocycles. The maximum Gasteiger partial charge on any atom is 0.257 e. The number of ether oxygens (including phenoxy) is 2. The van der Waals surface area contributed by atoms with E-state index in [2.05, 4.69) is 15.6 Å². The highest BCUT2D eigenvalue weighted by Gasteiger charge is 2.10. The van der Waals surface area contributed by atoms with Gasteiger partial charge in [-0.25, -0.2) is 0 Å². The van der Waals surface area contributed by atoms with Gasteiger partial charge in [-0.3, -0.25) is 9.78 Å². The number of methoxy groups -OCH3 is 2. The number of amides is 1. The van der Waals surface area contributed by atoms with Crippen molar-refractivity contribution in [3.8, 4) is 17.6 Å². The third-order valence-corrected chi connectivity index (χ3v) is 3.96. The Hall–Kier alpha value is -4.05. The van der Waals surface area contributed by atoms with E-state index in [1.165, 1.54) is 6.20 Å². The summed E-state index contributed by atoms with van der Waals surface area (Å²) in [6, 6.07) is 15.7. The van der Waals surface area contributed by atoms with Crippen LogP contribution in [0.4, 0.5) is 17.1 Å². The number of carbonyl (C=O) groups is 1. The Morgan fingerprint density at radius 2 is 1.79 bits per heavy atom. The molecule has 2 N–H and O–H groups in total. The number of nitrogens with zero attached hydrogens (tertiary/aromatic N) is 2. The molecule has 7 heteroatoms. The summed E-state index contributed by atoms with van der Waals surface area (Å²) in [7, 11) is 3.15. The van der Waals surface area contributed by atoms with Crippen molar-refractivity contribution < 1.29 is 14.3 Å². The van der Waals surface area contributed by atoms with E-state index >= 15 is 0 Å². The van der Waals surface area contributed by atoms with Crippen LogP contribution in [0.1, 0.15) is 15.9 Å². The van der Waals surface area contributed by atoms with Gasteiger partial charge in [0.25, 0.3) is 5.91 Å². The first-order chi connectivity index (χ1) is 13.6. The number of rotatable bonds is 6. The van der Waals surface area contributed by atoms with Crippen LogP contribution < -0.4 is 20.1 Å². The van der Waals surface area contributed by atoms with Crippen molar-refractivity contribution in [2.75, 3.05) is 24.9 Å². The van der Waals surface area contributed by atoms with Gasteiger partial charge in [0.2, 0.25) is 0 Å². The summed E-state index contributed by atoms with van der Waals surface area (Å²) < 4.78 is 10.6. The van der Waals surface area contributed by atoms with E-state index in [1.54, 1.807) is 62.9 Å². The fourth-order valence-corrected chi connectivity index (χ4v) is 2.52. The zero-order valence-corrected chi connectivity index (χ0v) is 15.4. The lowest BCUT2D eigenvalue weighted by molar-refractivity contribution is 0.102. The van der Waals surface area contributed by atoms with E-state index in [0.717, 1.165) is 5.69 Å². The molecule has 0 radical (unpaired) electrons. The van der Waals surface area contributed by atoms with Crippen LogP contribution in [0.5, 0.6) is 11.5 Å². The predicted molar refractivity (Wildman–Crippen MR) is 106 cm³/mol. The normalized spacial score (nSPS) is 9.89. The Bertz CT molecular complexity index is 1030. The number of nitriles is 1. The van der Waals surface area contributed by atoms with E-state index < -0.39 is 0 Å². The maximum atomic E-state index is 12.5. The van der Waals surface area contributed by atoms with Crippen molar-refractivity contribution in [3.05, 3.63) is 72.1 Å². The van der Waals surface area contributed by atoms with Crippen molar-refractivity contribution in [1.29, 1.82) is 5.26 Å². The summed E-state index contributed by atoms with van der Waals surface area (Å²) in [5.41, 5.74) is 2.87. The topological polar surface area (TPSA) is 96.3 Å². The molecule has 28 heavy (non-hydrogen) atoms. The van der Waals surface area contributed by atoms with Gasteiger partial charge in [-0.15, -0.1) is 0 Å². The Morgan fingerprint density at radius 1 is 1.00 bits per heavy atom. The third-order valence-electron chi connectivity index (χ3n) is 3.96. The molecule has 3 rings (SSSR count). The zero-order chi connectivity index (χ0) is 19.9. The minimum Gasteiger partial charge on any atom is -0.497 e. The molecule has 0 bridgehead atoms. The van der Waals surface area contributed by atoms with Crippen molar-refractivity contribution in [2.24, 2.45) is 0 Å². The number of carbonyl (C=O) groups excluding carboxylic acids is 1. The Balaban J connectivity index is 1.76. The van der Waals surface area contributed by atoms with Gasteiger partial charge in [-0.2, -0.15) is 5.26 Å². The number of hydrogen-bond acceptors (Lipinski definition) is 6. The monoisotopic (exact) mass is 374 g/mol. The average Bonchev–Trinajstić information content (AvgIpc) is 2.74. The summed E-state index contributed by atoms with van der Waals surface area (Å²) in [5, 5.41) is 14.8. The van der Waals surface area contributed by atoms with Gasteiger partial charge >= 0.3 is 0 Å². The van der Waals surface area contributed by atoms with Gasteiger partial charge in [0.05, 0.1) is 49.0 Å². The molecule has 140 valence electrons. The fourth-order valence-electron chi connectivity index (χ4n) is 2.52. The minimum atomic E-state index is -0.303. The third kappa shape index (κ3) is 4.37. The van der Waals surface area contributed by atoms with E-state index in [0.29, 0.717) is 34.0 Å². The number of pyridine rings is 1. The van der Waals surface area contributed by atoms with E-state index in [1.807, 2.05) is 12.1 Å². The molecule has 0 saturated heterocycles. The van der Waals surface area contributed by atoms with Gasteiger partial charge in [0.1, 0.15) is 11.5 Å². The molecule has 0 atom stereocenters. The highest BCUT2D eigenvalue weighted by Crippen LogP contribution is 2.31. The van der Waals surface area contributed by atoms with E-state index in [-0.39, 0.29) is 5.91 Å². The van der Waals surface area contributed by atoms with Crippen LogP contribution in [0.25, 0.3) is 0 Å². The Kier molecular flexibility index (Phi) is 5.72. The summed E-state index contributed by atoms with van der Waals surface area (Å²) in [5.74, 6) is 0.977. The maximum absolute atomic E-state index is 12.5. The summed E-state index contributed by atoms with van der Waals surface area (Å²) >= 11 is 0. The molecule has 0 spiro atoms. The van der Waals surface area contributed by atoms with Crippen LogP contribution in [0.15, 0.2) is 60.9 Å². The summed E-state index contributed by atoms with van der Waals surface area (Å²) in [4.78, 5) is 16.6. The van der Waals surface area contributed by atoms with Crippen molar-refractivity contribution in [3.63, 3.8) is 0 Å². The standard InChI is InChI=1S/C21H18N4O3/c1-27-18-7-8-19(20(10-18)28-2)24-17-9-15(12-23-13-17)21(26)25-16-5-3-14(11-22)4-6-16/h3-10,12-13,24H,1-2H3,(H,25,26). The molecular weight excluding hydrogens is 356 g/mol. The quantitative estimate of drug-likeness (QED) is 0.678. The van der Waals surface area contributed by atoms with Crippen LogP contribution in [-0.4, -0.2) is 25.1 Å². The van der Waals surface area contributed by atoms with Crippen LogP contribution in [0, 0.1) is 11.3 Å². The number of nitrogens with one attached hydrogen (secondary N) is 2. The molecule has 0 aliphatic rings. The van der Waals surface area contributed by atoms with Crippen LogP contribution in [0.3, 0.4) is 0 Å². The van der Waals surface area contributed by atoms with Crippen LogP contribution in [0.2, 0.25) is 0 Å². The minimum absolute atomic E-state index is 0.303. The van der Waals surface area contributed by atoms with Gasteiger partial charge < -0.3 is 20.1 Å². The molecule has 0 aliphatic carbocycles. The van der Waals surface area contributed by atoms with Gasteiger partial charge in [0.15, 0.2) is 0 Å². The molecule has 1 amide bonds. The summed E-state index contributed by atoms with van der Waals surface area (Å²) in [6.07, 6.45) is 3.09. The van der Waals surface area contributed by atoms with E-state index in [4.69, 9.17) is 14.7 Å². The van der Waals surface area contributed by atoms with Crippen LogP contribution in [-0.2, 0) is 0 Å². The lowest BCUT2D eigenvalue weighted by atomic mass is 10.2. The smallest absolute Gasteiger partial charge is 0.257 e. The van der Waals surface area contributed by atoms with Crippen LogP contribution >= 0.6 is 0 Å². The molecule has 0 aliphatic heterocycles. The SMILES string of the molecule is COc1ccc(Nc2cncc(C(=O)Nc3ccc(C#N)cc3)c2)c(OC)c1. The molecule has 0 unspecified atom stereocenters. The van der Waals surface area contributed by atoms with Gasteiger partial charge in [-0.05, 0) is 42.5 Å². The number of hydrogen-bond donors (Lipinski definition) is 2. The first-order valence-electron chi connectivity index (χ1n) is 8.38. The molecule has 2 aromatic carbocycles. The average molecular weight is 374 g/mol. The number of benzene rings is 2. The molecule has 3 aromatic rings. The first kappa shape index (κ1) is 18.7. The Morgan fingerprint density at radius 3 is 2.46 bits per heavy atom. The second-order valence-electron chi connectivity index (χ2n) is 5.80. The van der Waals surface area contributed by atoms with Gasteiger partial charge in [-0.1, -0.05) is 0 Å². The van der Waals surface area contributed by atoms with Crippen molar-refractivity contribution in [2.45, 2.75) is 0 Å². The highest BCUT2D eigenvalue weighted by atomic mass is 16.5. The van der Waals surface area contributed by atoms with E-state index in [9.17, 15) is 4.79 Å². The van der Waals surface area contributed by atoms with Crippen molar-refractivity contribution in [1.82, 2.24) is 4.98 Å². The molecular formula is C21H18N4O3. The lowest BCUT2D eigenvalue weighted by Gasteiger charge is -2.13. The Labute approximate surface area is 162 Å². The molecule has 1 aromatic heterocycles. The number of anilines is 3. The second kappa shape index (κ2) is 8.56. The first-order valence-corrected chi connectivity index (χ1v) is 8.38. The van der Waals surface area contributed by atoms with Gasteiger partial charge in [0, 0.05) is 18.0 Å². The predicted octanol–water partition coefficient (Wildman–Crippen LogP) is 3.97. The highest BCUT2D eigenvalue weighted by molar-refractivity contribution is 6.04. The molecule has 1 heterocycles. The second-order valence-corrected chi connectivity index (χ2v) is 5.80. The molecule has 0 fully saturated rings. The largest absolute Gasteiger partial charge is 0.497 e. The molecule has 7 nitrogen and oxygen atoms in total.